The second-order valence-corrected chi connectivity index (χ2v) is 6.63. The molecule has 0 spiro atoms. The van der Waals surface area contributed by atoms with Crippen LogP contribution >= 0.6 is 0 Å². The van der Waals surface area contributed by atoms with Crippen molar-refractivity contribution in [3.8, 4) is 5.75 Å². The molecular weight excluding hydrogens is 284 g/mol. The third-order valence-electron chi connectivity index (χ3n) is 5.27. The average Bonchev–Trinajstić information content (AvgIpc) is 2.80. The van der Waals surface area contributed by atoms with Gasteiger partial charge in [-0.2, -0.15) is 0 Å². The van der Waals surface area contributed by atoms with Gasteiger partial charge in [0.1, 0.15) is 11.4 Å². The molecule has 2 nitrogen and oxygen atoms in total. The quantitative estimate of drug-likeness (QED) is 0.689. The van der Waals surface area contributed by atoms with Gasteiger partial charge in [0.05, 0.1) is 7.11 Å². The minimum Gasteiger partial charge on any atom is -0.497 e. The normalized spacial score (nSPS) is 21.5. The van der Waals surface area contributed by atoms with Gasteiger partial charge >= 0.3 is 0 Å². The van der Waals surface area contributed by atoms with E-state index in [1.165, 1.54) is 0 Å². The lowest BCUT2D eigenvalue weighted by Gasteiger charge is -2.44. The van der Waals surface area contributed by atoms with Crippen molar-refractivity contribution in [2.75, 3.05) is 7.11 Å². The Balaban J connectivity index is 2.58. The van der Waals surface area contributed by atoms with Gasteiger partial charge in [0, 0.05) is 5.41 Å². The molecule has 1 N–H and O–H groups in total. The molecule has 1 aliphatic carbocycles. The molecule has 0 saturated heterocycles. The Morgan fingerprint density at radius 3 is 2.35 bits per heavy atom. The van der Waals surface area contributed by atoms with E-state index in [-0.39, 0.29) is 5.41 Å². The monoisotopic (exact) mass is 312 g/mol. The topological polar surface area (TPSA) is 29.5 Å². The van der Waals surface area contributed by atoms with Gasteiger partial charge in [0.2, 0.25) is 0 Å². The number of ether oxygens (including phenoxy) is 1. The van der Waals surface area contributed by atoms with Crippen LogP contribution in [0.25, 0.3) is 0 Å². The Labute approximate surface area is 140 Å². The summed E-state index contributed by atoms with van der Waals surface area (Å²) < 4.78 is 5.36. The van der Waals surface area contributed by atoms with Crippen LogP contribution < -0.4 is 4.74 Å². The first kappa shape index (κ1) is 17.6. The Kier molecular flexibility index (Phi) is 5.16. The van der Waals surface area contributed by atoms with Crippen molar-refractivity contribution in [3.63, 3.8) is 0 Å². The highest BCUT2D eigenvalue weighted by atomic mass is 16.5. The summed E-state index contributed by atoms with van der Waals surface area (Å²) >= 11 is 0. The third-order valence-corrected chi connectivity index (χ3v) is 5.27. The van der Waals surface area contributed by atoms with E-state index < -0.39 is 5.60 Å². The lowest BCUT2D eigenvalue weighted by molar-refractivity contribution is -0.0558. The fraction of sp³-hybridized carbons (Fsp3) is 0.429. The summed E-state index contributed by atoms with van der Waals surface area (Å²) in [5, 5.41) is 11.7. The van der Waals surface area contributed by atoms with Crippen LogP contribution in [-0.4, -0.2) is 12.2 Å². The SMILES string of the molecule is C=CCCC1(CCC=C)Cc2cc(OC)ccc2C1(O)C(=C)C. The van der Waals surface area contributed by atoms with Crippen LogP contribution in [0.3, 0.4) is 0 Å². The lowest BCUT2D eigenvalue weighted by Crippen LogP contribution is -2.43. The fourth-order valence-corrected chi connectivity index (χ4v) is 4.08. The zero-order valence-electron chi connectivity index (χ0n) is 14.4. The van der Waals surface area contributed by atoms with Crippen LogP contribution in [0.1, 0.15) is 43.7 Å². The van der Waals surface area contributed by atoms with Crippen molar-refractivity contribution in [1.82, 2.24) is 0 Å². The van der Waals surface area contributed by atoms with E-state index in [2.05, 4.69) is 19.7 Å². The van der Waals surface area contributed by atoms with E-state index >= 15 is 0 Å². The first-order valence-electron chi connectivity index (χ1n) is 8.22. The molecule has 2 heteroatoms. The maximum atomic E-state index is 11.7. The molecule has 0 bridgehead atoms. The standard InChI is InChI=1S/C21H28O2/c1-6-8-12-20(13-9-7-2)15-17-14-18(23-5)10-11-19(17)21(20,22)16(3)4/h6-7,10-11,14,22H,1-3,8-9,12-13,15H2,4-5H3. The molecule has 0 amide bonds. The molecule has 1 atom stereocenters. The number of hydrogen-bond donors (Lipinski definition) is 1. The molecule has 1 aliphatic rings. The predicted octanol–water partition coefficient (Wildman–Crippen LogP) is 4.93. The fourth-order valence-electron chi connectivity index (χ4n) is 4.08. The highest BCUT2D eigenvalue weighted by Gasteiger charge is 2.56. The number of fused-ring (bicyclic) bond motifs is 1. The summed E-state index contributed by atoms with van der Waals surface area (Å²) in [6.45, 7) is 13.8. The van der Waals surface area contributed by atoms with Crippen molar-refractivity contribution in [1.29, 1.82) is 0 Å². The van der Waals surface area contributed by atoms with E-state index in [1.54, 1.807) is 7.11 Å². The number of hydrogen-bond acceptors (Lipinski definition) is 2. The molecule has 0 fully saturated rings. The van der Waals surface area contributed by atoms with E-state index in [4.69, 9.17) is 4.74 Å². The van der Waals surface area contributed by atoms with Gasteiger partial charge in [0.25, 0.3) is 0 Å². The van der Waals surface area contributed by atoms with Crippen molar-refractivity contribution in [2.24, 2.45) is 5.41 Å². The molecule has 23 heavy (non-hydrogen) atoms. The number of rotatable bonds is 8. The first-order chi connectivity index (χ1) is 10.9. The summed E-state index contributed by atoms with van der Waals surface area (Å²) in [6.07, 6.45) is 8.19. The van der Waals surface area contributed by atoms with Crippen LogP contribution in [0.2, 0.25) is 0 Å². The van der Waals surface area contributed by atoms with Crippen molar-refractivity contribution in [2.45, 2.75) is 44.6 Å². The van der Waals surface area contributed by atoms with E-state index in [9.17, 15) is 5.11 Å². The molecule has 2 rings (SSSR count). The van der Waals surface area contributed by atoms with Crippen LogP contribution in [0.4, 0.5) is 0 Å². The molecule has 1 unspecified atom stereocenters. The van der Waals surface area contributed by atoms with Gasteiger partial charge in [-0.1, -0.05) is 24.8 Å². The van der Waals surface area contributed by atoms with Crippen molar-refractivity contribution >= 4 is 0 Å². The van der Waals surface area contributed by atoms with Crippen molar-refractivity contribution < 1.29 is 9.84 Å². The second-order valence-electron chi connectivity index (χ2n) is 6.63. The summed E-state index contributed by atoms with van der Waals surface area (Å²) in [5.41, 5.74) is 1.65. The van der Waals surface area contributed by atoms with Gasteiger partial charge in [0.15, 0.2) is 0 Å². The molecule has 0 radical (unpaired) electrons. The summed E-state index contributed by atoms with van der Waals surface area (Å²) in [5.74, 6) is 0.830. The largest absolute Gasteiger partial charge is 0.497 e. The second kappa shape index (κ2) is 6.76. The van der Waals surface area contributed by atoms with Gasteiger partial charge in [-0.05, 0) is 67.9 Å². The average molecular weight is 312 g/mol. The number of aliphatic hydroxyl groups is 1. The van der Waals surface area contributed by atoms with Gasteiger partial charge < -0.3 is 9.84 Å². The van der Waals surface area contributed by atoms with E-state index in [0.717, 1.165) is 54.6 Å². The predicted molar refractivity (Wildman–Crippen MR) is 96.7 cm³/mol. The summed E-state index contributed by atoms with van der Waals surface area (Å²) in [6, 6.07) is 5.96. The Morgan fingerprint density at radius 2 is 1.87 bits per heavy atom. The zero-order valence-corrected chi connectivity index (χ0v) is 14.4. The first-order valence-corrected chi connectivity index (χ1v) is 8.22. The zero-order chi connectivity index (χ0) is 17.1. The maximum absolute atomic E-state index is 11.7. The number of methoxy groups -OCH3 is 1. The van der Waals surface area contributed by atoms with Gasteiger partial charge in [-0.15, -0.1) is 13.2 Å². The van der Waals surface area contributed by atoms with Crippen LogP contribution in [0, 0.1) is 5.41 Å². The smallest absolute Gasteiger partial charge is 0.119 e. The van der Waals surface area contributed by atoms with E-state index in [1.807, 2.05) is 37.3 Å². The molecule has 0 aromatic heterocycles. The molecule has 0 heterocycles. The maximum Gasteiger partial charge on any atom is 0.119 e. The minimum absolute atomic E-state index is 0.268. The van der Waals surface area contributed by atoms with Crippen LogP contribution in [0.5, 0.6) is 5.75 Å². The van der Waals surface area contributed by atoms with Crippen LogP contribution in [0.15, 0.2) is 55.7 Å². The van der Waals surface area contributed by atoms with Gasteiger partial charge in [-0.3, -0.25) is 0 Å². The number of allylic oxidation sites excluding steroid dienone is 2. The summed E-state index contributed by atoms with van der Waals surface area (Å²) in [7, 11) is 1.67. The Bertz CT molecular complexity index is 602. The van der Waals surface area contributed by atoms with Gasteiger partial charge in [-0.25, -0.2) is 0 Å². The molecule has 0 aliphatic heterocycles. The summed E-state index contributed by atoms with van der Waals surface area (Å²) in [4.78, 5) is 0. The molecule has 1 aromatic rings. The number of benzene rings is 1. The Hall–Kier alpha value is -1.80. The third kappa shape index (κ3) is 2.76. The lowest BCUT2D eigenvalue weighted by atomic mass is 9.64. The molecule has 1 aromatic carbocycles. The van der Waals surface area contributed by atoms with E-state index in [0.29, 0.717) is 0 Å². The molecule has 124 valence electrons. The molecule has 0 saturated carbocycles. The Morgan fingerprint density at radius 1 is 1.26 bits per heavy atom. The molecular formula is C21H28O2. The van der Waals surface area contributed by atoms with Crippen molar-refractivity contribution in [3.05, 3.63) is 66.8 Å². The highest BCUT2D eigenvalue weighted by Crippen LogP contribution is 2.58. The minimum atomic E-state index is -1.01. The highest BCUT2D eigenvalue weighted by molar-refractivity contribution is 5.49. The van der Waals surface area contributed by atoms with Crippen LogP contribution in [-0.2, 0) is 12.0 Å².